The normalized spacial score (nSPS) is 12.2. The molecule has 24 heavy (non-hydrogen) atoms. The molecule has 0 saturated carbocycles. The topological polar surface area (TPSA) is 67.3 Å². The van der Waals surface area contributed by atoms with Gasteiger partial charge in [-0.1, -0.05) is 45.0 Å². The van der Waals surface area contributed by atoms with Gasteiger partial charge in [0.1, 0.15) is 0 Å². The lowest BCUT2D eigenvalue weighted by molar-refractivity contribution is -0.132. The van der Waals surface area contributed by atoms with Crippen LogP contribution in [0.3, 0.4) is 0 Å². The van der Waals surface area contributed by atoms with Gasteiger partial charge in [-0.05, 0) is 24.0 Å². The summed E-state index contributed by atoms with van der Waals surface area (Å²) in [6.07, 6.45) is 1.40. The Kier molecular flexibility index (Phi) is 5.34. The highest BCUT2D eigenvalue weighted by Gasteiger charge is 2.17. The van der Waals surface area contributed by atoms with Crippen LogP contribution in [0.1, 0.15) is 53.7 Å². The van der Waals surface area contributed by atoms with Crippen molar-refractivity contribution in [1.82, 2.24) is 4.98 Å². The number of carbonyl (C=O) groups excluding carboxylic acids is 1. The molecule has 2 rings (SSSR count). The number of carboxylic acid groups (broad SMARTS) is 1. The van der Waals surface area contributed by atoms with Crippen LogP contribution in [0.15, 0.2) is 35.3 Å². The van der Waals surface area contributed by atoms with Gasteiger partial charge in [0.2, 0.25) is 0 Å². The standard InChI is InChI=1S/C19H21NO3S/c1-12-17(24-11-20-12)10-14(18(22)23)9-16(21)13-5-7-15(8-6-13)19(2,3)4/h5-8,10-11H,9H2,1-4H3,(H,22,23). The molecule has 0 aliphatic heterocycles. The second kappa shape index (κ2) is 7.09. The monoisotopic (exact) mass is 343 g/mol. The number of hydrogen-bond acceptors (Lipinski definition) is 4. The van der Waals surface area contributed by atoms with E-state index in [-0.39, 0.29) is 23.2 Å². The van der Waals surface area contributed by atoms with Crippen molar-refractivity contribution in [3.8, 4) is 0 Å². The van der Waals surface area contributed by atoms with Crippen LogP contribution >= 0.6 is 11.3 Å². The number of aliphatic carboxylic acids is 1. The van der Waals surface area contributed by atoms with Gasteiger partial charge in [0.15, 0.2) is 5.78 Å². The molecule has 1 heterocycles. The number of carbonyl (C=O) groups is 2. The summed E-state index contributed by atoms with van der Waals surface area (Å²) in [5.41, 5.74) is 4.17. The Morgan fingerprint density at radius 3 is 2.29 bits per heavy atom. The molecule has 126 valence electrons. The van der Waals surface area contributed by atoms with E-state index in [4.69, 9.17) is 0 Å². The molecule has 0 saturated heterocycles. The first-order valence-corrected chi connectivity index (χ1v) is 8.54. The summed E-state index contributed by atoms with van der Waals surface area (Å²) in [5.74, 6) is -1.28. The largest absolute Gasteiger partial charge is 0.478 e. The van der Waals surface area contributed by atoms with Gasteiger partial charge in [-0.3, -0.25) is 4.79 Å². The fraction of sp³-hybridized carbons (Fsp3) is 0.316. The van der Waals surface area contributed by atoms with Crippen LogP contribution in [-0.2, 0) is 10.2 Å². The van der Waals surface area contributed by atoms with Crippen molar-refractivity contribution in [1.29, 1.82) is 0 Å². The number of hydrogen-bond donors (Lipinski definition) is 1. The zero-order valence-electron chi connectivity index (χ0n) is 14.3. The molecule has 0 aliphatic carbocycles. The number of rotatable bonds is 5. The van der Waals surface area contributed by atoms with Gasteiger partial charge in [-0.25, -0.2) is 9.78 Å². The van der Waals surface area contributed by atoms with Crippen molar-refractivity contribution in [2.75, 3.05) is 0 Å². The van der Waals surface area contributed by atoms with E-state index in [1.54, 1.807) is 17.6 Å². The predicted molar refractivity (Wildman–Crippen MR) is 96.6 cm³/mol. The smallest absolute Gasteiger partial charge is 0.332 e. The molecule has 1 aromatic carbocycles. The molecular weight excluding hydrogens is 322 g/mol. The maximum Gasteiger partial charge on any atom is 0.332 e. The summed E-state index contributed by atoms with van der Waals surface area (Å²) >= 11 is 1.36. The van der Waals surface area contributed by atoms with Gasteiger partial charge in [-0.2, -0.15) is 0 Å². The molecule has 0 bridgehead atoms. The Hall–Kier alpha value is -2.27. The number of thiazole rings is 1. The molecule has 0 fully saturated rings. The summed E-state index contributed by atoms with van der Waals surface area (Å²) in [6, 6.07) is 7.37. The number of ketones is 1. The van der Waals surface area contributed by atoms with Crippen molar-refractivity contribution in [3.05, 3.63) is 57.0 Å². The van der Waals surface area contributed by atoms with E-state index in [9.17, 15) is 14.7 Å². The Labute approximate surface area is 145 Å². The SMILES string of the molecule is Cc1ncsc1C=C(CC(=O)c1ccc(C(C)(C)C)cc1)C(=O)O. The Balaban J connectivity index is 2.21. The van der Waals surface area contributed by atoms with E-state index in [1.807, 2.05) is 19.1 Å². The van der Waals surface area contributed by atoms with Crippen LogP contribution in [0.4, 0.5) is 0 Å². The maximum atomic E-state index is 12.4. The van der Waals surface area contributed by atoms with Crippen molar-refractivity contribution in [2.24, 2.45) is 0 Å². The Bertz CT molecular complexity index is 780. The van der Waals surface area contributed by atoms with Crippen LogP contribution in [0, 0.1) is 6.92 Å². The number of carboxylic acids is 1. The lowest BCUT2D eigenvalue weighted by atomic mass is 9.86. The second-order valence-corrected chi connectivity index (χ2v) is 7.59. The second-order valence-electron chi connectivity index (χ2n) is 6.70. The van der Waals surface area contributed by atoms with Gasteiger partial charge in [0.25, 0.3) is 0 Å². The summed E-state index contributed by atoms with van der Waals surface area (Å²) in [7, 11) is 0. The van der Waals surface area contributed by atoms with Gasteiger partial charge < -0.3 is 5.11 Å². The fourth-order valence-corrected chi connectivity index (χ4v) is 2.99. The van der Waals surface area contributed by atoms with Crippen molar-refractivity contribution >= 4 is 29.2 Å². The Morgan fingerprint density at radius 2 is 1.83 bits per heavy atom. The fourth-order valence-electron chi connectivity index (χ4n) is 2.23. The van der Waals surface area contributed by atoms with Gasteiger partial charge in [-0.15, -0.1) is 11.3 Å². The molecule has 0 unspecified atom stereocenters. The maximum absolute atomic E-state index is 12.4. The first kappa shape index (κ1) is 18.1. The highest BCUT2D eigenvalue weighted by Crippen LogP contribution is 2.23. The van der Waals surface area contributed by atoms with Gasteiger partial charge in [0.05, 0.1) is 16.1 Å². The summed E-state index contributed by atoms with van der Waals surface area (Å²) in [6.45, 7) is 8.13. The molecule has 2 aromatic rings. The molecule has 0 atom stereocenters. The molecule has 4 nitrogen and oxygen atoms in total. The highest BCUT2D eigenvalue weighted by molar-refractivity contribution is 7.10. The lowest BCUT2D eigenvalue weighted by Crippen LogP contribution is -2.12. The highest BCUT2D eigenvalue weighted by atomic mass is 32.1. The van der Waals surface area contributed by atoms with Crippen LogP contribution in [-0.4, -0.2) is 21.8 Å². The van der Waals surface area contributed by atoms with Gasteiger partial charge >= 0.3 is 5.97 Å². The molecule has 0 radical (unpaired) electrons. The summed E-state index contributed by atoms with van der Waals surface area (Å²) < 4.78 is 0. The average molecular weight is 343 g/mol. The number of aromatic nitrogens is 1. The van der Waals surface area contributed by atoms with E-state index in [0.717, 1.165) is 16.1 Å². The zero-order valence-corrected chi connectivity index (χ0v) is 15.1. The third kappa shape index (κ3) is 4.38. The minimum Gasteiger partial charge on any atom is -0.478 e. The van der Waals surface area contributed by atoms with E-state index in [0.29, 0.717) is 5.56 Å². The molecule has 5 heteroatoms. The molecule has 1 N–H and O–H groups in total. The number of nitrogens with zero attached hydrogens (tertiary/aromatic N) is 1. The first-order chi connectivity index (χ1) is 11.2. The van der Waals surface area contributed by atoms with Crippen molar-refractivity contribution in [3.63, 3.8) is 0 Å². The number of benzene rings is 1. The summed E-state index contributed by atoms with van der Waals surface area (Å²) in [4.78, 5) is 28.7. The third-order valence-corrected chi connectivity index (χ3v) is 4.66. The predicted octanol–water partition coefficient (Wildman–Crippen LogP) is 4.49. The van der Waals surface area contributed by atoms with Crippen LogP contribution in [0.25, 0.3) is 6.08 Å². The van der Waals surface area contributed by atoms with E-state index in [1.165, 1.54) is 17.4 Å². The van der Waals surface area contributed by atoms with Crippen molar-refractivity contribution < 1.29 is 14.7 Å². The average Bonchev–Trinajstić information content (AvgIpc) is 2.91. The number of Topliss-reactive ketones (excluding diaryl/α,β-unsaturated/α-hetero) is 1. The van der Waals surface area contributed by atoms with Crippen molar-refractivity contribution in [2.45, 2.75) is 39.5 Å². The molecule has 1 aromatic heterocycles. The van der Waals surface area contributed by atoms with Crippen LogP contribution in [0.5, 0.6) is 0 Å². The van der Waals surface area contributed by atoms with Gasteiger partial charge in [0, 0.05) is 17.6 Å². The van der Waals surface area contributed by atoms with Crippen LogP contribution < -0.4 is 0 Å². The van der Waals surface area contributed by atoms with E-state index < -0.39 is 5.97 Å². The third-order valence-electron chi connectivity index (χ3n) is 3.79. The number of aryl methyl sites for hydroxylation is 1. The lowest BCUT2D eigenvalue weighted by Gasteiger charge is -2.19. The van der Waals surface area contributed by atoms with Crippen LogP contribution in [0.2, 0.25) is 0 Å². The summed E-state index contributed by atoms with van der Waals surface area (Å²) in [5, 5.41) is 9.37. The minimum absolute atomic E-state index is 0.0113. The molecule has 0 amide bonds. The molecule has 0 aliphatic rings. The molecule has 0 spiro atoms. The van der Waals surface area contributed by atoms with E-state index in [2.05, 4.69) is 25.8 Å². The Morgan fingerprint density at radius 1 is 1.21 bits per heavy atom. The molecular formula is C19H21NO3S. The minimum atomic E-state index is -1.08. The quantitative estimate of drug-likeness (QED) is 0.641. The van der Waals surface area contributed by atoms with E-state index >= 15 is 0 Å². The zero-order chi connectivity index (χ0) is 17.9. The first-order valence-electron chi connectivity index (χ1n) is 7.66.